The summed E-state index contributed by atoms with van der Waals surface area (Å²) in [5.41, 5.74) is 1.26. The summed E-state index contributed by atoms with van der Waals surface area (Å²) >= 11 is 1.66. The molecule has 1 aromatic carbocycles. The van der Waals surface area contributed by atoms with Crippen LogP contribution in [-0.2, 0) is 10.5 Å². The lowest BCUT2D eigenvalue weighted by Crippen LogP contribution is -2.40. The molecular formula is C20H24N2O2S. The van der Waals surface area contributed by atoms with Crippen molar-refractivity contribution in [3.05, 3.63) is 60.3 Å². The fourth-order valence-electron chi connectivity index (χ4n) is 3.02. The van der Waals surface area contributed by atoms with Crippen molar-refractivity contribution < 1.29 is 9.53 Å². The number of benzene rings is 1. The summed E-state index contributed by atoms with van der Waals surface area (Å²) in [5, 5.41) is 3.16. The Labute approximate surface area is 153 Å². The number of ether oxygens (including phenoxy) is 1. The Hall–Kier alpha value is -2.01. The lowest BCUT2D eigenvalue weighted by molar-refractivity contribution is -0.119. The van der Waals surface area contributed by atoms with Crippen molar-refractivity contribution in [1.29, 1.82) is 0 Å². The van der Waals surface area contributed by atoms with Gasteiger partial charge in [0.25, 0.3) is 0 Å². The van der Waals surface area contributed by atoms with Gasteiger partial charge in [0.1, 0.15) is 6.10 Å². The topological polar surface area (TPSA) is 51.2 Å². The van der Waals surface area contributed by atoms with Crippen LogP contribution in [0.2, 0.25) is 0 Å². The molecule has 0 aliphatic heterocycles. The summed E-state index contributed by atoms with van der Waals surface area (Å²) < 4.78 is 5.89. The SMILES string of the molecule is O=C(CSCc1ccccc1)NC1CCC(Oc2ccccn2)CC1. The monoisotopic (exact) mass is 356 g/mol. The molecule has 1 aliphatic carbocycles. The van der Waals surface area contributed by atoms with Gasteiger partial charge in [-0.25, -0.2) is 4.98 Å². The van der Waals surface area contributed by atoms with E-state index in [1.165, 1.54) is 5.56 Å². The molecule has 1 amide bonds. The van der Waals surface area contributed by atoms with Gasteiger partial charge in [-0.3, -0.25) is 4.79 Å². The first-order valence-electron chi connectivity index (χ1n) is 8.78. The van der Waals surface area contributed by atoms with E-state index in [-0.39, 0.29) is 18.1 Å². The predicted octanol–water partition coefficient (Wildman–Crippen LogP) is 3.82. The molecule has 132 valence electrons. The molecule has 1 aliphatic rings. The standard InChI is InChI=1S/C20H24N2O2S/c23-19(15-25-14-16-6-2-1-3-7-16)22-17-9-11-18(12-10-17)24-20-8-4-5-13-21-20/h1-8,13,17-18H,9-12,14-15H2,(H,22,23). The number of nitrogens with one attached hydrogen (secondary N) is 1. The van der Waals surface area contributed by atoms with Crippen LogP contribution in [0.25, 0.3) is 0 Å². The van der Waals surface area contributed by atoms with E-state index in [2.05, 4.69) is 22.4 Å². The van der Waals surface area contributed by atoms with Gasteiger partial charge in [-0.05, 0) is 37.3 Å². The molecular weight excluding hydrogens is 332 g/mol. The third-order valence-electron chi connectivity index (χ3n) is 4.31. The smallest absolute Gasteiger partial charge is 0.230 e. The van der Waals surface area contributed by atoms with E-state index in [0.717, 1.165) is 31.4 Å². The molecule has 0 atom stereocenters. The second-order valence-electron chi connectivity index (χ2n) is 6.31. The van der Waals surface area contributed by atoms with Crippen LogP contribution in [0.15, 0.2) is 54.7 Å². The molecule has 4 nitrogen and oxygen atoms in total. The van der Waals surface area contributed by atoms with Gasteiger partial charge in [0.05, 0.1) is 5.75 Å². The average Bonchev–Trinajstić information content (AvgIpc) is 2.65. The molecule has 0 bridgehead atoms. The number of hydrogen-bond acceptors (Lipinski definition) is 4. The van der Waals surface area contributed by atoms with Gasteiger partial charge in [-0.2, -0.15) is 0 Å². The van der Waals surface area contributed by atoms with Crippen LogP contribution in [0.5, 0.6) is 5.88 Å². The van der Waals surface area contributed by atoms with Crippen LogP contribution in [0, 0.1) is 0 Å². The van der Waals surface area contributed by atoms with Gasteiger partial charge >= 0.3 is 0 Å². The van der Waals surface area contributed by atoms with E-state index >= 15 is 0 Å². The molecule has 1 heterocycles. The molecule has 1 N–H and O–H groups in total. The van der Waals surface area contributed by atoms with Crippen molar-refractivity contribution in [2.45, 2.75) is 43.6 Å². The van der Waals surface area contributed by atoms with Gasteiger partial charge in [-0.15, -0.1) is 11.8 Å². The lowest BCUT2D eigenvalue weighted by Gasteiger charge is -2.29. The molecule has 1 fully saturated rings. The number of hydrogen-bond donors (Lipinski definition) is 1. The minimum absolute atomic E-state index is 0.134. The molecule has 2 aromatic rings. The highest BCUT2D eigenvalue weighted by Gasteiger charge is 2.23. The van der Waals surface area contributed by atoms with E-state index in [1.807, 2.05) is 36.4 Å². The van der Waals surface area contributed by atoms with Crippen LogP contribution in [0.4, 0.5) is 0 Å². The fraction of sp³-hybridized carbons (Fsp3) is 0.400. The number of nitrogens with zero attached hydrogens (tertiary/aromatic N) is 1. The number of thioether (sulfide) groups is 1. The zero-order valence-corrected chi connectivity index (χ0v) is 15.1. The number of amides is 1. The van der Waals surface area contributed by atoms with E-state index < -0.39 is 0 Å². The molecule has 1 saturated carbocycles. The van der Waals surface area contributed by atoms with Gasteiger partial charge in [-0.1, -0.05) is 36.4 Å². The maximum Gasteiger partial charge on any atom is 0.230 e. The summed E-state index contributed by atoms with van der Waals surface area (Å²) in [7, 11) is 0. The first-order valence-corrected chi connectivity index (χ1v) is 9.94. The summed E-state index contributed by atoms with van der Waals surface area (Å²) in [6.07, 6.45) is 5.79. The third-order valence-corrected chi connectivity index (χ3v) is 5.31. The van der Waals surface area contributed by atoms with Crippen LogP contribution < -0.4 is 10.1 Å². The Morgan fingerprint density at radius 1 is 1.08 bits per heavy atom. The van der Waals surface area contributed by atoms with Gasteiger partial charge in [0.2, 0.25) is 11.8 Å². The zero-order chi connectivity index (χ0) is 17.3. The molecule has 1 aromatic heterocycles. The van der Waals surface area contributed by atoms with E-state index in [0.29, 0.717) is 11.6 Å². The molecule has 3 rings (SSSR count). The maximum absolute atomic E-state index is 12.1. The van der Waals surface area contributed by atoms with Crippen molar-refractivity contribution in [1.82, 2.24) is 10.3 Å². The van der Waals surface area contributed by atoms with Crippen molar-refractivity contribution >= 4 is 17.7 Å². The van der Waals surface area contributed by atoms with Crippen molar-refractivity contribution in [2.75, 3.05) is 5.75 Å². The molecule has 0 spiro atoms. The van der Waals surface area contributed by atoms with Gasteiger partial charge < -0.3 is 10.1 Å². The Morgan fingerprint density at radius 3 is 2.56 bits per heavy atom. The Bertz CT molecular complexity index is 643. The fourth-order valence-corrected chi connectivity index (χ4v) is 3.82. The number of rotatable bonds is 7. The molecule has 0 unspecified atom stereocenters. The largest absolute Gasteiger partial charge is 0.474 e. The Morgan fingerprint density at radius 2 is 1.84 bits per heavy atom. The number of aromatic nitrogens is 1. The normalized spacial score (nSPS) is 20.0. The van der Waals surface area contributed by atoms with E-state index in [1.54, 1.807) is 18.0 Å². The van der Waals surface area contributed by atoms with Crippen LogP contribution in [-0.4, -0.2) is 28.8 Å². The van der Waals surface area contributed by atoms with E-state index in [4.69, 9.17) is 4.74 Å². The molecule has 5 heteroatoms. The summed E-state index contributed by atoms with van der Waals surface area (Å²) in [5.74, 6) is 2.21. The average molecular weight is 356 g/mol. The van der Waals surface area contributed by atoms with Crippen molar-refractivity contribution in [2.24, 2.45) is 0 Å². The summed E-state index contributed by atoms with van der Waals surface area (Å²) in [4.78, 5) is 16.3. The minimum Gasteiger partial charge on any atom is -0.474 e. The number of pyridine rings is 1. The minimum atomic E-state index is 0.134. The first kappa shape index (κ1) is 17.8. The third kappa shape index (κ3) is 6.09. The molecule has 0 radical (unpaired) electrons. The number of carbonyl (C=O) groups is 1. The number of carbonyl (C=O) groups excluding carboxylic acids is 1. The first-order chi connectivity index (χ1) is 12.3. The highest BCUT2D eigenvalue weighted by Crippen LogP contribution is 2.23. The van der Waals surface area contributed by atoms with Gasteiger partial charge in [0, 0.05) is 24.1 Å². The quantitative estimate of drug-likeness (QED) is 0.819. The van der Waals surface area contributed by atoms with Crippen LogP contribution >= 0.6 is 11.8 Å². The second kappa shape index (κ2) is 9.47. The van der Waals surface area contributed by atoms with Crippen LogP contribution in [0.3, 0.4) is 0 Å². The predicted molar refractivity (Wildman–Crippen MR) is 102 cm³/mol. The zero-order valence-electron chi connectivity index (χ0n) is 14.3. The van der Waals surface area contributed by atoms with Crippen LogP contribution in [0.1, 0.15) is 31.2 Å². The van der Waals surface area contributed by atoms with E-state index in [9.17, 15) is 4.79 Å². The highest BCUT2D eigenvalue weighted by molar-refractivity contribution is 7.99. The second-order valence-corrected chi connectivity index (χ2v) is 7.29. The highest BCUT2D eigenvalue weighted by atomic mass is 32.2. The molecule has 0 saturated heterocycles. The Balaban J connectivity index is 1.32. The summed E-state index contributed by atoms with van der Waals surface area (Å²) in [6, 6.07) is 16.2. The van der Waals surface area contributed by atoms with Crippen molar-refractivity contribution in [3.8, 4) is 5.88 Å². The lowest BCUT2D eigenvalue weighted by atomic mass is 9.93. The Kier molecular flexibility index (Phi) is 6.74. The van der Waals surface area contributed by atoms with Gasteiger partial charge in [0.15, 0.2) is 0 Å². The molecule has 25 heavy (non-hydrogen) atoms. The van der Waals surface area contributed by atoms with Crippen molar-refractivity contribution in [3.63, 3.8) is 0 Å². The maximum atomic E-state index is 12.1. The summed E-state index contributed by atoms with van der Waals surface area (Å²) in [6.45, 7) is 0.